The van der Waals surface area contributed by atoms with Gasteiger partial charge >= 0.3 is 12.0 Å². The van der Waals surface area contributed by atoms with Crippen molar-refractivity contribution in [1.29, 1.82) is 0 Å². The molecule has 0 bridgehead atoms. The number of carbonyl (C=O) groups excluding carboxylic acids is 2. The molecule has 2 aliphatic heterocycles. The van der Waals surface area contributed by atoms with Crippen LogP contribution in [0.3, 0.4) is 0 Å². The van der Waals surface area contributed by atoms with E-state index in [1.165, 1.54) is 16.8 Å². The Balaban J connectivity index is 1.53. The van der Waals surface area contributed by atoms with Crippen LogP contribution in [0.15, 0.2) is 65.7 Å². The highest BCUT2D eigenvalue weighted by molar-refractivity contribution is 6.04. The molecule has 4 N–H and O–H groups in total. The number of rotatable bonds is 9. The van der Waals surface area contributed by atoms with E-state index in [4.69, 9.17) is 4.74 Å². The van der Waals surface area contributed by atoms with Gasteiger partial charge in [-0.1, -0.05) is 48.5 Å². The summed E-state index contributed by atoms with van der Waals surface area (Å²) in [5, 5.41) is 25.7. The third-order valence-electron chi connectivity index (χ3n) is 5.84. The van der Waals surface area contributed by atoms with Crippen LogP contribution >= 0.6 is 0 Å². The summed E-state index contributed by atoms with van der Waals surface area (Å²) in [5.41, 5.74) is 0.802. The lowest BCUT2D eigenvalue weighted by Crippen LogP contribution is -2.65. The van der Waals surface area contributed by atoms with Gasteiger partial charge in [-0.2, -0.15) is 0 Å². The molecule has 1 fully saturated rings. The molecule has 3 amide bonds. The van der Waals surface area contributed by atoms with Gasteiger partial charge in [0.05, 0.1) is 6.54 Å². The van der Waals surface area contributed by atoms with Crippen LogP contribution in [-0.4, -0.2) is 88.4 Å². The Morgan fingerprint density at radius 2 is 1.80 bits per heavy atom. The molecule has 4 rings (SSSR count). The van der Waals surface area contributed by atoms with Gasteiger partial charge in [-0.05, 0) is 17.7 Å². The van der Waals surface area contributed by atoms with E-state index in [9.17, 15) is 24.6 Å². The predicted molar refractivity (Wildman–Crippen MR) is 126 cm³/mol. The van der Waals surface area contributed by atoms with Gasteiger partial charge in [0.2, 0.25) is 0 Å². The first-order valence-corrected chi connectivity index (χ1v) is 11.1. The molecule has 184 valence electrons. The zero-order valence-electron chi connectivity index (χ0n) is 19.1. The van der Waals surface area contributed by atoms with Crippen molar-refractivity contribution in [2.45, 2.75) is 30.8 Å². The van der Waals surface area contributed by atoms with Crippen molar-refractivity contribution in [1.82, 2.24) is 20.4 Å². The maximum atomic E-state index is 12.7. The number of fused-ring (bicyclic) bond motifs is 1. The highest BCUT2D eigenvalue weighted by Crippen LogP contribution is 2.24. The fourth-order valence-electron chi connectivity index (χ4n) is 4.04. The molecule has 11 nitrogen and oxygen atoms in total. The lowest BCUT2D eigenvalue weighted by atomic mass is 10.1. The van der Waals surface area contributed by atoms with E-state index in [0.717, 1.165) is 5.56 Å². The minimum atomic E-state index is -1.10. The Kier molecular flexibility index (Phi) is 7.16. The van der Waals surface area contributed by atoms with Crippen LogP contribution in [0.2, 0.25) is 0 Å². The Bertz CT molecular complexity index is 1100. The monoisotopic (exact) mass is 481 g/mol. The number of ether oxygens (including phenoxy) is 1. The van der Waals surface area contributed by atoms with Crippen LogP contribution in [-0.2, 0) is 16.0 Å². The van der Waals surface area contributed by atoms with Gasteiger partial charge in [-0.25, -0.2) is 14.6 Å². The maximum absolute atomic E-state index is 12.7. The highest BCUT2D eigenvalue weighted by atomic mass is 16.5. The normalized spacial score (nSPS) is 21.0. The molecule has 0 aromatic heterocycles. The van der Waals surface area contributed by atoms with Gasteiger partial charge < -0.3 is 30.1 Å². The molecule has 0 saturated carbocycles. The number of guanidine groups is 1. The Morgan fingerprint density at radius 1 is 1.14 bits per heavy atom. The van der Waals surface area contributed by atoms with Gasteiger partial charge in [0.25, 0.3) is 5.91 Å². The van der Waals surface area contributed by atoms with E-state index in [-0.39, 0.29) is 25.5 Å². The van der Waals surface area contributed by atoms with Gasteiger partial charge in [-0.15, -0.1) is 0 Å². The maximum Gasteiger partial charge on any atom is 0.326 e. The molecule has 2 aromatic carbocycles. The number of nitrogens with zero attached hydrogens (tertiary/aromatic N) is 3. The first-order valence-electron chi connectivity index (χ1n) is 11.1. The number of hydrogen-bond donors (Lipinski definition) is 4. The average molecular weight is 482 g/mol. The number of likely N-dealkylation sites (N-methyl/N-ethyl adjacent to an activating group) is 1. The van der Waals surface area contributed by atoms with E-state index in [2.05, 4.69) is 15.6 Å². The minimum Gasteiger partial charge on any atom is -0.491 e. The number of carbonyl (C=O) groups is 3. The number of aliphatic hydroxyl groups excluding tert-OH is 1. The molecule has 4 unspecified atom stereocenters. The molecule has 2 aromatic rings. The van der Waals surface area contributed by atoms with E-state index < -0.39 is 42.3 Å². The molecule has 1 saturated heterocycles. The molecular weight excluding hydrogens is 454 g/mol. The third-order valence-corrected chi connectivity index (χ3v) is 5.84. The van der Waals surface area contributed by atoms with Gasteiger partial charge in [-0.3, -0.25) is 10.1 Å². The summed E-state index contributed by atoms with van der Waals surface area (Å²) in [6.07, 6.45) is -1.74. The Hall–Kier alpha value is -4.12. The smallest absolute Gasteiger partial charge is 0.326 e. The summed E-state index contributed by atoms with van der Waals surface area (Å²) in [6.45, 7) is -0.138. The molecule has 11 heteroatoms. The van der Waals surface area contributed by atoms with Crippen LogP contribution in [0.25, 0.3) is 0 Å². The summed E-state index contributed by atoms with van der Waals surface area (Å²) in [5.74, 6) is -0.996. The second kappa shape index (κ2) is 10.4. The van der Waals surface area contributed by atoms with Gasteiger partial charge in [0.15, 0.2) is 18.2 Å². The number of benzene rings is 2. The molecular formula is C24H27N5O6. The van der Waals surface area contributed by atoms with E-state index in [0.29, 0.717) is 5.75 Å². The number of nitrogens with one attached hydrogen (secondary N) is 2. The summed E-state index contributed by atoms with van der Waals surface area (Å²) in [7, 11) is 1.50. The average Bonchev–Trinajstić information content (AvgIpc) is 3.20. The predicted octanol–water partition coefficient (Wildman–Crippen LogP) is 0.260. The molecule has 0 aliphatic carbocycles. The van der Waals surface area contributed by atoms with Crippen LogP contribution in [0.4, 0.5) is 4.79 Å². The highest BCUT2D eigenvalue weighted by Gasteiger charge is 2.49. The fraction of sp³-hybridized carbons (Fsp3) is 0.333. The topological polar surface area (TPSA) is 144 Å². The van der Waals surface area contributed by atoms with Crippen molar-refractivity contribution in [2.24, 2.45) is 4.99 Å². The summed E-state index contributed by atoms with van der Waals surface area (Å²) >= 11 is 0. The number of amides is 3. The van der Waals surface area contributed by atoms with Crippen molar-refractivity contribution >= 4 is 23.9 Å². The van der Waals surface area contributed by atoms with Crippen LogP contribution < -0.4 is 15.4 Å². The fourth-order valence-corrected chi connectivity index (χ4v) is 4.04. The first-order chi connectivity index (χ1) is 16.8. The largest absolute Gasteiger partial charge is 0.491 e. The molecule has 35 heavy (non-hydrogen) atoms. The van der Waals surface area contributed by atoms with Gasteiger partial charge in [0, 0.05) is 13.5 Å². The summed E-state index contributed by atoms with van der Waals surface area (Å²) in [6, 6.07) is 15.5. The molecule has 0 spiro atoms. The summed E-state index contributed by atoms with van der Waals surface area (Å²) < 4.78 is 5.62. The van der Waals surface area contributed by atoms with Crippen molar-refractivity contribution in [2.75, 3.05) is 20.2 Å². The standard InChI is InChI=1S/C24H27N5O6/c1-28-20-19(21(31)27-24(28)34)29(13-16(30)14-35-17-10-6-3-7-11-17)23(26-20)25-18(22(32)33)12-15-8-4-2-5-9-15/h2-11,16,18-20,30H,12-14H2,1H3,(H,25,26)(H,32,33)(H,27,31,34). The number of carboxylic acids is 1. The first kappa shape index (κ1) is 24.0. The number of aliphatic hydroxyl groups is 1. The quantitative estimate of drug-likeness (QED) is 0.399. The lowest BCUT2D eigenvalue weighted by molar-refractivity contribution is -0.139. The molecule has 2 aliphatic rings. The number of carboxylic acid groups (broad SMARTS) is 1. The number of imide groups is 1. The van der Waals surface area contributed by atoms with Crippen molar-refractivity contribution in [3.05, 3.63) is 66.2 Å². The zero-order chi connectivity index (χ0) is 24.9. The number of hydrogen-bond acceptors (Lipinski definition) is 8. The van der Waals surface area contributed by atoms with Crippen molar-refractivity contribution < 1.29 is 29.3 Å². The van der Waals surface area contributed by atoms with Crippen LogP contribution in [0.5, 0.6) is 5.75 Å². The van der Waals surface area contributed by atoms with Gasteiger partial charge in [0.1, 0.15) is 24.5 Å². The number of para-hydroxylation sites is 1. The number of aliphatic carboxylic acids is 1. The van der Waals surface area contributed by atoms with Crippen molar-refractivity contribution in [3.63, 3.8) is 0 Å². The SMILES string of the molecule is CN1C(=O)NC(=O)C2C1N=C(NC(Cc1ccccc1)C(=O)O)N2CC(O)COc1ccccc1. The second-order valence-electron chi connectivity index (χ2n) is 8.37. The molecule has 0 radical (unpaired) electrons. The van der Waals surface area contributed by atoms with Crippen molar-refractivity contribution in [3.8, 4) is 5.75 Å². The summed E-state index contributed by atoms with van der Waals surface area (Å²) in [4.78, 5) is 44.1. The zero-order valence-corrected chi connectivity index (χ0v) is 19.1. The number of β-amino-alcohol motifs (C(OH)–C–C–N with tert-alkyl or cyclic N) is 1. The number of urea groups is 1. The third kappa shape index (κ3) is 5.52. The Labute approximate surface area is 202 Å². The lowest BCUT2D eigenvalue weighted by Gasteiger charge is -2.37. The van der Waals surface area contributed by atoms with Crippen LogP contribution in [0.1, 0.15) is 5.56 Å². The molecule has 2 heterocycles. The van der Waals surface area contributed by atoms with E-state index in [1.54, 1.807) is 24.3 Å². The van der Waals surface area contributed by atoms with E-state index in [1.807, 2.05) is 36.4 Å². The van der Waals surface area contributed by atoms with E-state index >= 15 is 0 Å². The minimum absolute atomic E-state index is 0.0616. The molecule has 4 atom stereocenters. The van der Waals surface area contributed by atoms with Crippen LogP contribution in [0, 0.1) is 0 Å². The Morgan fingerprint density at radius 3 is 2.46 bits per heavy atom. The second-order valence-corrected chi connectivity index (χ2v) is 8.37. The number of aliphatic imine (C=N–C) groups is 1.